The number of hydrogen-bond donors (Lipinski definition) is 0. The summed E-state index contributed by atoms with van der Waals surface area (Å²) in [4.78, 5) is 20.0. The monoisotopic (exact) mass is 359 g/mol. The van der Waals surface area contributed by atoms with Crippen molar-refractivity contribution in [2.75, 3.05) is 20.2 Å². The maximum absolute atomic E-state index is 13.4. The molecular formula is C18H18FN3O2S. The molecule has 0 unspecified atom stereocenters. The van der Waals surface area contributed by atoms with Crippen molar-refractivity contribution in [3.05, 3.63) is 47.4 Å². The summed E-state index contributed by atoms with van der Waals surface area (Å²) < 4.78 is 20.6. The molecule has 0 saturated carbocycles. The number of carbonyl (C=O) groups is 1. The Morgan fingerprint density at radius 1 is 1.36 bits per heavy atom. The van der Waals surface area contributed by atoms with E-state index in [9.17, 15) is 9.18 Å². The Kier molecular flexibility index (Phi) is 4.27. The van der Waals surface area contributed by atoms with Gasteiger partial charge in [-0.05, 0) is 25.0 Å². The Labute approximate surface area is 148 Å². The predicted molar refractivity (Wildman–Crippen MR) is 94.4 cm³/mol. The van der Waals surface area contributed by atoms with E-state index in [0.29, 0.717) is 30.0 Å². The quantitative estimate of drug-likeness (QED) is 0.720. The first-order valence-electron chi connectivity index (χ1n) is 8.20. The Morgan fingerprint density at radius 2 is 2.16 bits per heavy atom. The van der Waals surface area contributed by atoms with Crippen LogP contribution in [-0.2, 0) is 4.74 Å². The molecule has 1 saturated heterocycles. The standard InChI is InChI=1S/C18H18FN3O2S/c1-24-14-5-7-21(8-6-14)17(23)16-11-25-18-20-15(10-22(16)18)12-3-2-4-13(19)9-12/h2-4,9-11,14H,5-8H2,1H3. The van der Waals surface area contributed by atoms with E-state index in [1.807, 2.05) is 16.3 Å². The summed E-state index contributed by atoms with van der Waals surface area (Å²) >= 11 is 1.42. The molecule has 0 aliphatic carbocycles. The zero-order valence-corrected chi connectivity index (χ0v) is 14.6. The second kappa shape index (κ2) is 6.57. The van der Waals surface area contributed by atoms with E-state index in [-0.39, 0.29) is 17.8 Å². The highest BCUT2D eigenvalue weighted by atomic mass is 32.1. The fourth-order valence-corrected chi connectivity index (χ4v) is 4.03. The van der Waals surface area contributed by atoms with Crippen LogP contribution in [0.5, 0.6) is 0 Å². The third-order valence-corrected chi connectivity index (χ3v) is 5.45. The highest BCUT2D eigenvalue weighted by Gasteiger charge is 2.25. The fourth-order valence-electron chi connectivity index (χ4n) is 3.18. The number of amides is 1. The maximum Gasteiger partial charge on any atom is 0.271 e. The number of likely N-dealkylation sites (tertiary alicyclic amines) is 1. The van der Waals surface area contributed by atoms with Gasteiger partial charge in [-0.25, -0.2) is 9.37 Å². The van der Waals surface area contributed by atoms with E-state index in [1.54, 1.807) is 23.8 Å². The Hall–Kier alpha value is -2.25. The molecule has 0 spiro atoms. The van der Waals surface area contributed by atoms with Crippen molar-refractivity contribution in [1.82, 2.24) is 14.3 Å². The number of hydrogen-bond acceptors (Lipinski definition) is 4. The van der Waals surface area contributed by atoms with E-state index in [2.05, 4.69) is 4.98 Å². The number of nitrogens with zero attached hydrogens (tertiary/aromatic N) is 3. The van der Waals surface area contributed by atoms with E-state index in [1.165, 1.54) is 23.5 Å². The molecule has 5 nitrogen and oxygen atoms in total. The molecular weight excluding hydrogens is 341 g/mol. The maximum atomic E-state index is 13.4. The van der Waals surface area contributed by atoms with E-state index in [4.69, 9.17) is 4.74 Å². The van der Waals surface area contributed by atoms with Crippen molar-refractivity contribution in [2.45, 2.75) is 18.9 Å². The smallest absolute Gasteiger partial charge is 0.271 e. The zero-order chi connectivity index (χ0) is 17.4. The van der Waals surface area contributed by atoms with Crippen LogP contribution in [0.2, 0.25) is 0 Å². The summed E-state index contributed by atoms with van der Waals surface area (Å²) in [6.07, 6.45) is 3.75. The molecule has 0 bridgehead atoms. The second-order valence-corrected chi connectivity index (χ2v) is 6.97. The lowest BCUT2D eigenvalue weighted by Gasteiger charge is -2.31. The molecule has 1 fully saturated rings. The molecule has 1 amide bonds. The van der Waals surface area contributed by atoms with Gasteiger partial charge >= 0.3 is 0 Å². The highest BCUT2D eigenvalue weighted by molar-refractivity contribution is 7.15. The van der Waals surface area contributed by atoms with Crippen LogP contribution in [0, 0.1) is 5.82 Å². The van der Waals surface area contributed by atoms with Gasteiger partial charge in [0.2, 0.25) is 0 Å². The molecule has 4 rings (SSSR count). The average molecular weight is 359 g/mol. The van der Waals surface area contributed by atoms with Crippen molar-refractivity contribution < 1.29 is 13.9 Å². The van der Waals surface area contributed by atoms with Gasteiger partial charge in [-0.15, -0.1) is 11.3 Å². The van der Waals surface area contributed by atoms with Gasteiger partial charge in [0.1, 0.15) is 11.5 Å². The second-order valence-electron chi connectivity index (χ2n) is 6.14. The topological polar surface area (TPSA) is 46.8 Å². The molecule has 0 N–H and O–H groups in total. The number of methoxy groups -OCH3 is 1. The Morgan fingerprint density at radius 3 is 2.88 bits per heavy atom. The normalized spacial score (nSPS) is 15.8. The van der Waals surface area contributed by atoms with Gasteiger partial charge in [0.25, 0.3) is 5.91 Å². The van der Waals surface area contributed by atoms with Crippen LogP contribution >= 0.6 is 11.3 Å². The molecule has 3 heterocycles. The molecule has 25 heavy (non-hydrogen) atoms. The number of carbonyl (C=O) groups excluding carboxylic acids is 1. The van der Waals surface area contributed by atoms with Crippen molar-refractivity contribution in [3.8, 4) is 11.3 Å². The Balaban J connectivity index is 1.61. The summed E-state index contributed by atoms with van der Waals surface area (Å²) in [6.45, 7) is 1.39. The van der Waals surface area contributed by atoms with Gasteiger partial charge in [-0.1, -0.05) is 12.1 Å². The van der Waals surface area contributed by atoms with E-state index < -0.39 is 0 Å². The molecule has 3 aromatic rings. The summed E-state index contributed by atoms with van der Waals surface area (Å²) in [5.74, 6) is -0.296. The van der Waals surface area contributed by atoms with Crippen LogP contribution in [0.4, 0.5) is 4.39 Å². The van der Waals surface area contributed by atoms with Crippen LogP contribution in [0.15, 0.2) is 35.8 Å². The van der Waals surface area contributed by atoms with Crippen molar-refractivity contribution in [2.24, 2.45) is 0 Å². The van der Waals surface area contributed by atoms with E-state index in [0.717, 1.165) is 17.8 Å². The minimum Gasteiger partial charge on any atom is -0.381 e. The van der Waals surface area contributed by atoms with Gasteiger partial charge in [0.05, 0.1) is 11.8 Å². The van der Waals surface area contributed by atoms with Crippen LogP contribution in [0.3, 0.4) is 0 Å². The van der Waals surface area contributed by atoms with Crippen LogP contribution in [0.25, 0.3) is 16.2 Å². The van der Waals surface area contributed by atoms with Gasteiger partial charge in [0, 0.05) is 37.3 Å². The number of ether oxygens (including phenoxy) is 1. The average Bonchev–Trinajstić information content (AvgIpc) is 3.22. The third kappa shape index (κ3) is 3.05. The number of fused-ring (bicyclic) bond motifs is 1. The summed E-state index contributed by atoms with van der Waals surface area (Å²) in [7, 11) is 1.71. The van der Waals surface area contributed by atoms with Crippen molar-refractivity contribution in [1.29, 1.82) is 0 Å². The molecule has 0 atom stereocenters. The molecule has 0 radical (unpaired) electrons. The molecule has 1 aromatic carbocycles. The van der Waals surface area contributed by atoms with Crippen LogP contribution in [-0.4, -0.2) is 46.5 Å². The molecule has 2 aromatic heterocycles. The SMILES string of the molecule is COC1CCN(C(=O)c2csc3nc(-c4cccc(F)c4)cn23)CC1. The highest BCUT2D eigenvalue weighted by Crippen LogP contribution is 2.25. The number of rotatable bonds is 3. The first-order valence-corrected chi connectivity index (χ1v) is 9.08. The van der Waals surface area contributed by atoms with Crippen molar-refractivity contribution in [3.63, 3.8) is 0 Å². The number of benzene rings is 1. The van der Waals surface area contributed by atoms with Crippen LogP contribution < -0.4 is 0 Å². The van der Waals surface area contributed by atoms with Crippen LogP contribution in [0.1, 0.15) is 23.3 Å². The molecule has 7 heteroatoms. The summed E-state index contributed by atoms with van der Waals surface area (Å²) in [5.41, 5.74) is 1.97. The number of thiazole rings is 1. The summed E-state index contributed by atoms with van der Waals surface area (Å²) in [6, 6.07) is 6.32. The third-order valence-electron chi connectivity index (χ3n) is 4.61. The number of aromatic nitrogens is 2. The predicted octanol–water partition coefficient (Wildman–Crippen LogP) is 3.45. The minimum absolute atomic E-state index is 0.00370. The number of piperidine rings is 1. The number of halogens is 1. The van der Waals surface area contributed by atoms with Gasteiger partial charge in [-0.3, -0.25) is 9.20 Å². The lowest BCUT2D eigenvalue weighted by Crippen LogP contribution is -2.41. The van der Waals surface area contributed by atoms with Crippen molar-refractivity contribution >= 4 is 22.2 Å². The Bertz CT molecular complexity index is 912. The van der Waals surface area contributed by atoms with Gasteiger partial charge in [0.15, 0.2) is 4.96 Å². The molecule has 130 valence electrons. The molecule has 1 aliphatic heterocycles. The first kappa shape index (κ1) is 16.2. The lowest BCUT2D eigenvalue weighted by atomic mass is 10.1. The van der Waals surface area contributed by atoms with Gasteiger partial charge in [-0.2, -0.15) is 0 Å². The minimum atomic E-state index is -0.300. The van der Waals surface area contributed by atoms with Gasteiger partial charge < -0.3 is 9.64 Å². The largest absolute Gasteiger partial charge is 0.381 e. The molecule has 1 aliphatic rings. The first-order chi connectivity index (χ1) is 12.2. The summed E-state index contributed by atoms with van der Waals surface area (Å²) in [5, 5.41) is 1.84. The number of imidazole rings is 1. The fraction of sp³-hybridized carbons (Fsp3) is 0.333. The zero-order valence-electron chi connectivity index (χ0n) is 13.8. The van der Waals surface area contributed by atoms with E-state index >= 15 is 0 Å². The lowest BCUT2D eigenvalue weighted by molar-refractivity contribution is 0.0347.